The minimum atomic E-state index is 0. The first-order chi connectivity index (χ1) is 14.8. The highest BCUT2D eigenvalue weighted by molar-refractivity contribution is 14.0. The molecule has 2 fully saturated rings. The van der Waals surface area contributed by atoms with Crippen LogP contribution in [0.4, 0.5) is 5.13 Å². The maximum atomic E-state index is 5.72. The van der Waals surface area contributed by atoms with Gasteiger partial charge in [-0.1, -0.05) is 0 Å². The Balaban J connectivity index is 0.00000272. The van der Waals surface area contributed by atoms with Crippen LogP contribution in [0.5, 0.6) is 0 Å². The van der Waals surface area contributed by atoms with Crippen molar-refractivity contribution in [1.82, 2.24) is 20.5 Å². The summed E-state index contributed by atoms with van der Waals surface area (Å²) >= 11 is 1.77. The second-order valence-electron chi connectivity index (χ2n) is 7.99. The van der Waals surface area contributed by atoms with Crippen LogP contribution >= 0.6 is 35.3 Å². The van der Waals surface area contributed by atoms with E-state index in [1.165, 1.54) is 30.8 Å². The highest BCUT2D eigenvalue weighted by atomic mass is 127. The van der Waals surface area contributed by atoms with Crippen LogP contribution in [0.1, 0.15) is 50.1 Å². The minimum absolute atomic E-state index is 0. The molecule has 4 rings (SSSR count). The Morgan fingerprint density at radius 1 is 1.19 bits per heavy atom. The van der Waals surface area contributed by atoms with Crippen molar-refractivity contribution < 1.29 is 4.42 Å². The number of anilines is 1. The SMILES string of the molecule is CCNC(=NCC(c1ccco1)N1CCCC1)NCCc1csc(N2CCCC2)n1.I. The third-order valence-corrected chi connectivity index (χ3v) is 6.76. The molecule has 2 N–H and O–H groups in total. The molecule has 31 heavy (non-hydrogen) atoms. The molecule has 2 aliphatic rings. The number of furan rings is 1. The number of likely N-dealkylation sites (tertiary alicyclic amines) is 1. The van der Waals surface area contributed by atoms with Gasteiger partial charge in [-0.25, -0.2) is 4.98 Å². The molecular weight excluding hydrogens is 523 g/mol. The van der Waals surface area contributed by atoms with Crippen molar-refractivity contribution in [3.05, 3.63) is 35.2 Å². The first-order valence-electron chi connectivity index (χ1n) is 11.3. The van der Waals surface area contributed by atoms with E-state index >= 15 is 0 Å². The summed E-state index contributed by atoms with van der Waals surface area (Å²) in [5, 5.41) is 10.2. The molecule has 0 spiro atoms. The van der Waals surface area contributed by atoms with Crippen LogP contribution in [0.15, 0.2) is 33.2 Å². The lowest BCUT2D eigenvalue weighted by atomic mass is 10.2. The molecule has 0 amide bonds. The van der Waals surface area contributed by atoms with Gasteiger partial charge in [0.25, 0.3) is 0 Å². The summed E-state index contributed by atoms with van der Waals surface area (Å²) in [4.78, 5) is 14.6. The molecule has 0 radical (unpaired) electrons. The van der Waals surface area contributed by atoms with Crippen LogP contribution in [0.3, 0.4) is 0 Å². The normalized spacial score (nSPS) is 18.2. The van der Waals surface area contributed by atoms with Gasteiger partial charge in [0.1, 0.15) is 5.76 Å². The Kier molecular flexibility index (Phi) is 9.92. The van der Waals surface area contributed by atoms with Crippen LogP contribution in [-0.4, -0.2) is 61.7 Å². The monoisotopic (exact) mass is 558 g/mol. The van der Waals surface area contributed by atoms with Crippen LogP contribution in [0.2, 0.25) is 0 Å². The molecule has 1 unspecified atom stereocenters. The summed E-state index contributed by atoms with van der Waals surface area (Å²) in [7, 11) is 0. The molecule has 0 saturated carbocycles. The van der Waals surface area contributed by atoms with E-state index in [1.54, 1.807) is 17.6 Å². The van der Waals surface area contributed by atoms with E-state index in [-0.39, 0.29) is 30.0 Å². The zero-order valence-electron chi connectivity index (χ0n) is 18.4. The van der Waals surface area contributed by atoms with Gasteiger partial charge in [0.2, 0.25) is 0 Å². The van der Waals surface area contributed by atoms with Gasteiger partial charge in [0.05, 0.1) is 24.5 Å². The van der Waals surface area contributed by atoms with Crippen molar-refractivity contribution in [2.24, 2.45) is 4.99 Å². The molecule has 7 nitrogen and oxygen atoms in total. The van der Waals surface area contributed by atoms with E-state index < -0.39 is 0 Å². The summed E-state index contributed by atoms with van der Waals surface area (Å²) < 4.78 is 5.72. The number of aromatic nitrogens is 1. The van der Waals surface area contributed by atoms with E-state index in [0.717, 1.165) is 63.1 Å². The topological polar surface area (TPSA) is 68.9 Å². The fourth-order valence-corrected chi connectivity index (χ4v) is 5.13. The summed E-state index contributed by atoms with van der Waals surface area (Å²) in [5.41, 5.74) is 1.16. The van der Waals surface area contributed by atoms with Crippen molar-refractivity contribution in [3.8, 4) is 0 Å². The second kappa shape index (κ2) is 12.6. The quantitative estimate of drug-likeness (QED) is 0.277. The van der Waals surface area contributed by atoms with Crippen molar-refractivity contribution in [1.29, 1.82) is 0 Å². The lowest BCUT2D eigenvalue weighted by molar-refractivity contribution is 0.221. The number of hydrogen-bond acceptors (Lipinski definition) is 6. The fraction of sp³-hybridized carbons (Fsp3) is 0.636. The van der Waals surface area contributed by atoms with Gasteiger partial charge >= 0.3 is 0 Å². The predicted octanol–water partition coefficient (Wildman–Crippen LogP) is 3.89. The molecule has 2 aromatic rings. The molecule has 0 bridgehead atoms. The smallest absolute Gasteiger partial charge is 0.191 e. The first-order valence-corrected chi connectivity index (χ1v) is 12.2. The molecule has 9 heteroatoms. The molecule has 2 aromatic heterocycles. The molecule has 172 valence electrons. The van der Waals surface area contributed by atoms with Crippen LogP contribution in [0, 0.1) is 0 Å². The minimum Gasteiger partial charge on any atom is -0.468 e. The van der Waals surface area contributed by atoms with Gasteiger partial charge in [0, 0.05) is 38.0 Å². The number of guanidine groups is 1. The predicted molar refractivity (Wildman–Crippen MR) is 139 cm³/mol. The Bertz CT molecular complexity index is 784. The molecule has 4 heterocycles. The fourth-order valence-electron chi connectivity index (χ4n) is 4.21. The number of thiazole rings is 1. The molecule has 1 atom stereocenters. The van der Waals surface area contributed by atoms with E-state index in [4.69, 9.17) is 14.4 Å². The largest absolute Gasteiger partial charge is 0.468 e. The zero-order valence-corrected chi connectivity index (χ0v) is 21.5. The van der Waals surface area contributed by atoms with E-state index in [1.807, 2.05) is 6.07 Å². The highest BCUT2D eigenvalue weighted by Crippen LogP contribution is 2.26. The van der Waals surface area contributed by atoms with Gasteiger partial charge < -0.3 is 20.0 Å². The average Bonchev–Trinajstić information content (AvgIpc) is 3.57. The van der Waals surface area contributed by atoms with Gasteiger partial charge in [0.15, 0.2) is 11.1 Å². The summed E-state index contributed by atoms with van der Waals surface area (Å²) in [5.74, 6) is 1.87. The van der Waals surface area contributed by atoms with Gasteiger partial charge in [-0.2, -0.15) is 0 Å². The summed E-state index contributed by atoms with van der Waals surface area (Å²) in [6.07, 6.45) is 7.75. The van der Waals surface area contributed by atoms with Crippen LogP contribution < -0.4 is 15.5 Å². The standard InChI is InChI=1S/C22H34N6OS.HI/c1-2-23-21(24-10-9-18-17-30-22(26-18)28-13-5-6-14-28)25-16-19(20-8-7-15-29-20)27-11-3-4-12-27;/h7-8,15,17,19H,2-6,9-14,16H2,1H3,(H2,23,24,25);1H. The summed E-state index contributed by atoms with van der Waals surface area (Å²) in [6.45, 7) is 9.00. The number of aliphatic imine (C=N–C) groups is 1. The number of nitrogens with zero attached hydrogens (tertiary/aromatic N) is 4. The molecular formula is C22H35IN6OS. The van der Waals surface area contributed by atoms with Gasteiger partial charge in [-0.15, -0.1) is 35.3 Å². The Morgan fingerprint density at radius 3 is 2.68 bits per heavy atom. The Labute approximate surface area is 206 Å². The highest BCUT2D eigenvalue weighted by Gasteiger charge is 2.25. The number of hydrogen-bond donors (Lipinski definition) is 2. The van der Waals surface area contributed by atoms with E-state index in [2.05, 4.69) is 38.8 Å². The molecule has 0 aromatic carbocycles. The molecule has 2 saturated heterocycles. The van der Waals surface area contributed by atoms with Crippen molar-refractivity contribution in [2.45, 2.75) is 45.1 Å². The Morgan fingerprint density at radius 2 is 1.97 bits per heavy atom. The summed E-state index contributed by atoms with van der Waals surface area (Å²) in [6, 6.07) is 4.24. The van der Waals surface area contributed by atoms with Crippen LogP contribution in [0.25, 0.3) is 0 Å². The molecule has 2 aliphatic heterocycles. The van der Waals surface area contributed by atoms with Crippen molar-refractivity contribution in [3.63, 3.8) is 0 Å². The molecule has 0 aliphatic carbocycles. The second-order valence-corrected chi connectivity index (χ2v) is 8.82. The maximum Gasteiger partial charge on any atom is 0.191 e. The van der Waals surface area contributed by atoms with E-state index in [9.17, 15) is 0 Å². The number of halogens is 1. The average molecular weight is 559 g/mol. The van der Waals surface area contributed by atoms with Gasteiger partial charge in [-0.3, -0.25) is 9.89 Å². The maximum absolute atomic E-state index is 5.72. The number of nitrogens with one attached hydrogen (secondary N) is 2. The number of rotatable bonds is 9. The third-order valence-electron chi connectivity index (χ3n) is 5.81. The third kappa shape index (κ3) is 6.82. The van der Waals surface area contributed by atoms with Crippen LogP contribution in [-0.2, 0) is 6.42 Å². The van der Waals surface area contributed by atoms with Crippen molar-refractivity contribution >= 4 is 46.4 Å². The zero-order chi connectivity index (χ0) is 20.6. The first kappa shape index (κ1) is 24.3. The lowest BCUT2D eigenvalue weighted by Crippen LogP contribution is -2.39. The van der Waals surface area contributed by atoms with Gasteiger partial charge in [-0.05, 0) is 57.8 Å². The van der Waals surface area contributed by atoms with Crippen molar-refractivity contribution in [2.75, 3.05) is 50.7 Å². The Hall–Kier alpha value is -1.33. The van der Waals surface area contributed by atoms with E-state index in [0.29, 0.717) is 6.54 Å². The lowest BCUT2D eigenvalue weighted by Gasteiger charge is -2.24.